The van der Waals surface area contributed by atoms with Gasteiger partial charge in [-0.25, -0.2) is 12.7 Å². The van der Waals surface area contributed by atoms with E-state index in [0.717, 1.165) is 51.4 Å². The van der Waals surface area contributed by atoms with E-state index in [9.17, 15) is 18.0 Å². The van der Waals surface area contributed by atoms with E-state index < -0.39 is 10.0 Å². The second kappa shape index (κ2) is 10.2. The van der Waals surface area contributed by atoms with Crippen molar-refractivity contribution in [3.05, 3.63) is 0 Å². The molecule has 3 aliphatic rings. The summed E-state index contributed by atoms with van der Waals surface area (Å²) in [5.41, 5.74) is 0. The third-order valence-corrected chi connectivity index (χ3v) is 8.76. The lowest BCUT2D eigenvalue weighted by Crippen LogP contribution is -2.51. The molecule has 2 aliphatic heterocycles. The van der Waals surface area contributed by atoms with Crippen molar-refractivity contribution in [1.29, 1.82) is 0 Å². The van der Waals surface area contributed by atoms with Gasteiger partial charge in [-0.2, -0.15) is 0 Å². The van der Waals surface area contributed by atoms with Gasteiger partial charge in [0.05, 0.1) is 11.7 Å². The summed E-state index contributed by atoms with van der Waals surface area (Å²) in [4.78, 5) is 27.4. The van der Waals surface area contributed by atoms with Crippen LogP contribution in [0.5, 0.6) is 0 Å². The van der Waals surface area contributed by atoms with Crippen molar-refractivity contribution in [3.8, 4) is 0 Å². The second-order valence-corrected chi connectivity index (χ2v) is 11.0. The molecule has 7 nitrogen and oxygen atoms in total. The van der Waals surface area contributed by atoms with Crippen LogP contribution in [-0.4, -0.2) is 67.4 Å². The van der Waals surface area contributed by atoms with Crippen LogP contribution >= 0.6 is 0 Å². The first-order chi connectivity index (χ1) is 13.9. The van der Waals surface area contributed by atoms with Crippen molar-refractivity contribution in [2.75, 3.05) is 31.9 Å². The Morgan fingerprint density at radius 2 is 1.55 bits per heavy atom. The first-order valence-electron chi connectivity index (χ1n) is 11.5. The molecule has 0 spiro atoms. The number of sulfonamides is 1. The monoisotopic (exact) mass is 427 g/mol. The van der Waals surface area contributed by atoms with E-state index in [0.29, 0.717) is 38.5 Å². The average molecular weight is 428 g/mol. The Morgan fingerprint density at radius 3 is 2.21 bits per heavy atom. The molecule has 1 saturated carbocycles. The van der Waals surface area contributed by atoms with Crippen molar-refractivity contribution in [2.24, 2.45) is 11.8 Å². The summed E-state index contributed by atoms with van der Waals surface area (Å²) >= 11 is 0. The van der Waals surface area contributed by atoms with Gasteiger partial charge >= 0.3 is 0 Å². The predicted molar refractivity (Wildman–Crippen MR) is 113 cm³/mol. The van der Waals surface area contributed by atoms with Crippen molar-refractivity contribution >= 4 is 21.8 Å². The van der Waals surface area contributed by atoms with E-state index in [-0.39, 0.29) is 29.5 Å². The van der Waals surface area contributed by atoms with Gasteiger partial charge in [0.2, 0.25) is 21.8 Å². The first kappa shape index (κ1) is 22.5. The highest BCUT2D eigenvalue weighted by atomic mass is 32.2. The van der Waals surface area contributed by atoms with Crippen LogP contribution in [-0.2, 0) is 19.6 Å². The highest BCUT2D eigenvalue weighted by Crippen LogP contribution is 2.27. The minimum atomic E-state index is -3.25. The molecule has 29 heavy (non-hydrogen) atoms. The predicted octanol–water partition coefficient (Wildman–Crippen LogP) is 2.13. The van der Waals surface area contributed by atoms with Crippen LogP contribution in [0.1, 0.15) is 71.1 Å². The smallest absolute Gasteiger partial charge is 0.225 e. The maximum atomic E-state index is 12.7. The molecule has 0 radical (unpaired) electrons. The molecule has 0 bridgehead atoms. The molecule has 0 aromatic carbocycles. The van der Waals surface area contributed by atoms with Crippen molar-refractivity contribution in [3.63, 3.8) is 0 Å². The average Bonchev–Trinajstić information content (AvgIpc) is 2.74. The van der Waals surface area contributed by atoms with Crippen molar-refractivity contribution in [1.82, 2.24) is 14.5 Å². The molecule has 2 heterocycles. The Hall–Kier alpha value is -1.15. The summed E-state index contributed by atoms with van der Waals surface area (Å²) in [6, 6.07) is 0.0838. The van der Waals surface area contributed by atoms with Crippen LogP contribution in [0.3, 0.4) is 0 Å². The number of likely N-dealkylation sites (tertiary alicyclic amines) is 1. The zero-order valence-corrected chi connectivity index (χ0v) is 18.6. The number of rotatable bonds is 6. The van der Waals surface area contributed by atoms with Gasteiger partial charge in [0.15, 0.2) is 0 Å². The summed E-state index contributed by atoms with van der Waals surface area (Å²) in [7, 11) is -3.25. The van der Waals surface area contributed by atoms with E-state index in [1.54, 1.807) is 0 Å². The largest absolute Gasteiger partial charge is 0.353 e. The van der Waals surface area contributed by atoms with Crippen LogP contribution in [0.4, 0.5) is 0 Å². The topological polar surface area (TPSA) is 86.8 Å². The van der Waals surface area contributed by atoms with Crippen LogP contribution in [0.25, 0.3) is 0 Å². The standard InChI is InChI=1S/C21H37N3O4S/c1-2-15-29(27,28)24-12-6-9-18(16-24)20(25)22-19-10-13-23(14-11-19)21(26)17-7-4-3-5-8-17/h17-19H,2-16H2,1H3,(H,22,25). The molecule has 8 heteroatoms. The lowest BCUT2D eigenvalue weighted by Gasteiger charge is -2.36. The number of hydrogen-bond acceptors (Lipinski definition) is 4. The third-order valence-electron chi connectivity index (χ3n) is 6.72. The summed E-state index contributed by atoms with van der Waals surface area (Å²) < 4.78 is 26.2. The number of amides is 2. The van der Waals surface area contributed by atoms with Gasteiger partial charge in [0, 0.05) is 38.1 Å². The first-order valence-corrected chi connectivity index (χ1v) is 13.1. The molecule has 0 aromatic rings. The molecular weight excluding hydrogens is 390 g/mol. The van der Waals surface area contributed by atoms with Crippen LogP contribution < -0.4 is 5.32 Å². The van der Waals surface area contributed by atoms with Crippen LogP contribution in [0.2, 0.25) is 0 Å². The molecule has 1 unspecified atom stereocenters. The zero-order chi connectivity index (χ0) is 20.9. The second-order valence-electron chi connectivity index (χ2n) is 8.96. The zero-order valence-electron chi connectivity index (χ0n) is 17.8. The lowest BCUT2D eigenvalue weighted by atomic mass is 9.87. The number of piperidine rings is 2. The normalized spacial score (nSPS) is 25.7. The highest BCUT2D eigenvalue weighted by molar-refractivity contribution is 7.89. The summed E-state index contributed by atoms with van der Waals surface area (Å²) in [5.74, 6) is 0.358. The quantitative estimate of drug-likeness (QED) is 0.703. The SMILES string of the molecule is CCCS(=O)(=O)N1CCCC(C(=O)NC2CCN(C(=O)C3CCCCC3)CC2)C1. The van der Waals surface area contributed by atoms with E-state index >= 15 is 0 Å². The molecule has 2 saturated heterocycles. The molecule has 1 aliphatic carbocycles. The number of carbonyl (C=O) groups is 2. The van der Waals surface area contributed by atoms with Crippen LogP contribution in [0.15, 0.2) is 0 Å². The lowest BCUT2D eigenvalue weighted by molar-refractivity contribution is -0.137. The third kappa shape index (κ3) is 5.94. The Morgan fingerprint density at radius 1 is 0.897 bits per heavy atom. The van der Waals surface area contributed by atoms with Gasteiger partial charge in [-0.15, -0.1) is 0 Å². The maximum Gasteiger partial charge on any atom is 0.225 e. The Labute approximate surface area is 175 Å². The summed E-state index contributed by atoms with van der Waals surface area (Å²) in [6.07, 6.45) is 9.25. The van der Waals surface area contributed by atoms with Gasteiger partial charge in [0.1, 0.15) is 0 Å². The van der Waals surface area contributed by atoms with E-state index in [1.807, 2.05) is 11.8 Å². The molecule has 3 rings (SSSR count). The number of nitrogens with zero attached hydrogens (tertiary/aromatic N) is 2. The Balaban J connectivity index is 1.45. The van der Waals surface area contributed by atoms with E-state index in [2.05, 4.69) is 5.32 Å². The highest BCUT2D eigenvalue weighted by Gasteiger charge is 2.34. The summed E-state index contributed by atoms with van der Waals surface area (Å²) in [5, 5.41) is 3.13. The fraction of sp³-hybridized carbons (Fsp3) is 0.905. The van der Waals surface area contributed by atoms with Gasteiger partial charge in [-0.1, -0.05) is 26.2 Å². The van der Waals surface area contributed by atoms with Gasteiger partial charge in [0.25, 0.3) is 0 Å². The molecule has 3 fully saturated rings. The number of nitrogens with one attached hydrogen (secondary N) is 1. The number of carbonyl (C=O) groups excluding carboxylic acids is 2. The van der Waals surface area contributed by atoms with Gasteiger partial charge in [-0.05, 0) is 44.9 Å². The molecule has 0 aromatic heterocycles. The molecular formula is C21H37N3O4S. The van der Waals surface area contributed by atoms with E-state index in [1.165, 1.54) is 10.7 Å². The minimum absolute atomic E-state index is 0.0292. The Kier molecular flexibility index (Phi) is 7.96. The molecule has 1 atom stereocenters. The molecule has 2 amide bonds. The minimum Gasteiger partial charge on any atom is -0.353 e. The fourth-order valence-electron chi connectivity index (χ4n) is 4.97. The van der Waals surface area contributed by atoms with Gasteiger partial charge < -0.3 is 10.2 Å². The van der Waals surface area contributed by atoms with E-state index in [4.69, 9.17) is 0 Å². The Bertz CT molecular complexity index is 667. The van der Waals surface area contributed by atoms with Crippen molar-refractivity contribution in [2.45, 2.75) is 77.2 Å². The number of hydrogen-bond donors (Lipinski definition) is 1. The maximum absolute atomic E-state index is 12.7. The van der Waals surface area contributed by atoms with Crippen molar-refractivity contribution < 1.29 is 18.0 Å². The van der Waals surface area contributed by atoms with Gasteiger partial charge in [-0.3, -0.25) is 9.59 Å². The summed E-state index contributed by atoms with van der Waals surface area (Å²) in [6.45, 7) is 4.10. The van der Waals surface area contributed by atoms with Crippen LogP contribution in [0, 0.1) is 11.8 Å². The molecule has 1 N–H and O–H groups in total. The fourth-order valence-corrected chi connectivity index (χ4v) is 6.56. The molecule has 166 valence electrons.